The molecule has 0 saturated heterocycles. The summed E-state index contributed by atoms with van der Waals surface area (Å²) in [4.78, 5) is 27.6. The summed E-state index contributed by atoms with van der Waals surface area (Å²) in [5, 5.41) is 0. The number of carbonyl (C=O) groups is 2. The van der Waals surface area contributed by atoms with Crippen LogP contribution in [0.5, 0.6) is 0 Å². The second-order valence-corrected chi connectivity index (χ2v) is 7.16. The average Bonchev–Trinajstić information content (AvgIpc) is 2.94. The molecule has 1 aromatic heterocycles. The molecule has 0 spiro atoms. The fourth-order valence-corrected chi connectivity index (χ4v) is 2.94. The molecule has 7 nitrogen and oxygen atoms in total. The molecular weight excluding hydrogens is 296 g/mol. The zero-order valence-electron chi connectivity index (χ0n) is 12.5. The SMILES string of the molecule is CCS(=O)(=O)C[C@H](C)N(C)C(=O)c1c[nH]c(C(=O)OC)c1. The number of aromatic amines is 1. The van der Waals surface area contributed by atoms with Crippen LogP contribution in [0.15, 0.2) is 12.3 Å². The Morgan fingerprint density at radius 3 is 2.57 bits per heavy atom. The summed E-state index contributed by atoms with van der Waals surface area (Å²) in [7, 11) is -0.392. The summed E-state index contributed by atoms with van der Waals surface area (Å²) in [6.45, 7) is 3.23. The number of H-pyrrole nitrogens is 1. The van der Waals surface area contributed by atoms with E-state index in [1.807, 2.05) is 0 Å². The lowest BCUT2D eigenvalue weighted by Gasteiger charge is -2.24. The summed E-state index contributed by atoms with van der Waals surface area (Å²) in [5.74, 6) is -0.991. The third-order valence-corrected chi connectivity index (χ3v) is 5.12. The molecule has 1 N–H and O–H groups in total. The van der Waals surface area contributed by atoms with Crippen LogP contribution in [0.25, 0.3) is 0 Å². The third-order valence-electron chi connectivity index (χ3n) is 3.25. The van der Waals surface area contributed by atoms with Crippen LogP contribution in [-0.4, -0.2) is 61.9 Å². The average molecular weight is 316 g/mol. The molecule has 0 unspecified atom stereocenters. The zero-order chi connectivity index (χ0) is 16.2. The second kappa shape index (κ2) is 6.75. The molecule has 0 aliphatic carbocycles. The van der Waals surface area contributed by atoms with Crippen molar-refractivity contribution < 1.29 is 22.7 Å². The van der Waals surface area contributed by atoms with Crippen LogP contribution in [0, 0.1) is 0 Å². The van der Waals surface area contributed by atoms with E-state index in [0.717, 1.165) is 0 Å². The van der Waals surface area contributed by atoms with Crippen LogP contribution in [0.3, 0.4) is 0 Å². The first-order chi connectivity index (χ1) is 9.71. The third kappa shape index (κ3) is 4.32. The van der Waals surface area contributed by atoms with Gasteiger partial charge in [-0.15, -0.1) is 0 Å². The van der Waals surface area contributed by atoms with Crippen molar-refractivity contribution in [2.24, 2.45) is 0 Å². The van der Waals surface area contributed by atoms with Crippen molar-refractivity contribution in [1.82, 2.24) is 9.88 Å². The Hall–Kier alpha value is -1.83. The van der Waals surface area contributed by atoms with Crippen molar-refractivity contribution in [3.05, 3.63) is 23.5 Å². The van der Waals surface area contributed by atoms with E-state index < -0.39 is 21.8 Å². The van der Waals surface area contributed by atoms with Crippen LogP contribution < -0.4 is 0 Å². The van der Waals surface area contributed by atoms with Crippen LogP contribution >= 0.6 is 0 Å². The maximum Gasteiger partial charge on any atom is 0.354 e. The molecule has 0 radical (unpaired) electrons. The standard InChI is InChI=1S/C13H20N2O5S/c1-5-21(18,19)8-9(2)15(3)12(16)10-6-11(14-7-10)13(17)20-4/h6-7,9,14H,5,8H2,1-4H3/t9-/m0/s1. The first-order valence-corrected chi connectivity index (χ1v) is 8.28. The van der Waals surface area contributed by atoms with E-state index >= 15 is 0 Å². The molecule has 0 aromatic carbocycles. The minimum absolute atomic E-state index is 0.0377. The number of aromatic nitrogens is 1. The van der Waals surface area contributed by atoms with Gasteiger partial charge in [0.25, 0.3) is 5.91 Å². The van der Waals surface area contributed by atoms with E-state index in [-0.39, 0.29) is 28.7 Å². The van der Waals surface area contributed by atoms with E-state index in [2.05, 4.69) is 9.72 Å². The Morgan fingerprint density at radius 1 is 1.43 bits per heavy atom. The summed E-state index contributed by atoms with van der Waals surface area (Å²) < 4.78 is 27.7. The highest BCUT2D eigenvalue weighted by molar-refractivity contribution is 7.91. The molecule has 118 valence electrons. The number of hydrogen-bond donors (Lipinski definition) is 1. The highest BCUT2D eigenvalue weighted by atomic mass is 32.2. The largest absolute Gasteiger partial charge is 0.464 e. The number of nitrogens with one attached hydrogen (secondary N) is 1. The number of carbonyl (C=O) groups excluding carboxylic acids is 2. The topological polar surface area (TPSA) is 96.5 Å². The van der Waals surface area contributed by atoms with Crippen molar-refractivity contribution in [3.8, 4) is 0 Å². The van der Waals surface area contributed by atoms with Crippen molar-refractivity contribution >= 4 is 21.7 Å². The number of sulfone groups is 1. The van der Waals surface area contributed by atoms with Gasteiger partial charge >= 0.3 is 5.97 Å². The highest BCUT2D eigenvalue weighted by Gasteiger charge is 2.23. The van der Waals surface area contributed by atoms with Gasteiger partial charge in [-0.25, -0.2) is 13.2 Å². The van der Waals surface area contributed by atoms with Crippen molar-refractivity contribution in [2.45, 2.75) is 19.9 Å². The monoisotopic (exact) mass is 316 g/mol. The van der Waals surface area contributed by atoms with Gasteiger partial charge in [-0.05, 0) is 13.0 Å². The quantitative estimate of drug-likeness (QED) is 0.779. The predicted octanol–water partition coefficient (Wildman–Crippen LogP) is 0.696. The fourth-order valence-electron chi connectivity index (χ4n) is 1.75. The number of hydrogen-bond acceptors (Lipinski definition) is 5. The Balaban J connectivity index is 2.83. The van der Waals surface area contributed by atoms with Gasteiger partial charge in [-0.1, -0.05) is 6.92 Å². The van der Waals surface area contributed by atoms with Crippen molar-refractivity contribution in [3.63, 3.8) is 0 Å². The molecular formula is C13H20N2O5S. The fraction of sp³-hybridized carbons (Fsp3) is 0.538. The second-order valence-electron chi connectivity index (χ2n) is 4.76. The molecule has 1 amide bonds. The van der Waals surface area contributed by atoms with Crippen molar-refractivity contribution in [1.29, 1.82) is 0 Å². The van der Waals surface area contributed by atoms with E-state index in [4.69, 9.17) is 0 Å². The van der Waals surface area contributed by atoms with Gasteiger partial charge in [0.15, 0.2) is 9.84 Å². The molecule has 1 aromatic rings. The van der Waals surface area contributed by atoms with Gasteiger partial charge in [0.05, 0.1) is 18.4 Å². The maximum absolute atomic E-state index is 12.2. The Labute approximate surface area is 124 Å². The van der Waals surface area contributed by atoms with E-state index in [1.54, 1.807) is 13.8 Å². The van der Waals surface area contributed by atoms with Crippen molar-refractivity contribution in [2.75, 3.05) is 25.7 Å². The smallest absolute Gasteiger partial charge is 0.354 e. The molecule has 1 rings (SSSR count). The Kier molecular flexibility index (Phi) is 5.54. The first-order valence-electron chi connectivity index (χ1n) is 6.46. The Bertz CT molecular complexity index is 620. The molecule has 1 heterocycles. The highest BCUT2D eigenvalue weighted by Crippen LogP contribution is 2.11. The molecule has 0 aliphatic rings. The van der Waals surface area contributed by atoms with E-state index in [9.17, 15) is 18.0 Å². The van der Waals surface area contributed by atoms with Crippen LogP contribution in [0.2, 0.25) is 0 Å². The molecule has 0 aliphatic heterocycles. The summed E-state index contributed by atoms with van der Waals surface area (Å²) in [5.41, 5.74) is 0.446. The van der Waals surface area contributed by atoms with Gasteiger partial charge in [0.2, 0.25) is 0 Å². The normalized spacial score (nSPS) is 12.8. The maximum atomic E-state index is 12.2. The number of esters is 1. The minimum atomic E-state index is -3.17. The summed E-state index contributed by atoms with van der Waals surface area (Å²) in [6.07, 6.45) is 1.39. The number of methoxy groups -OCH3 is 1. The van der Waals surface area contributed by atoms with Gasteiger partial charge in [-0.2, -0.15) is 0 Å². The van der Waals surface area contributed by atoms with Gasteiger partial charge in [-0.3, -0.25) is 4.79 Å². The lowest BCUT2D eigenvalue weighted by molar-refractivity contribution is 0.0595. The number of rotatable bonds is 6. The lowest BCUT2D eigenvalue weighted by atomic mass is 10.2. The van der Waals surface area contributed by atoms with Gasteiger partial charge in [0, 0.05) is 25.0 Å². The number of nitrogens with zero attached hydrogens (tertiary/aromatic N) is 1. The lowest BCUT2D eigenvalue weighted by Crippen LogP contribution is -2.39. The minimum Gasteiger partial charge on any atom is -0.464 e. The van der Waals surface area contributed by atoms with Gasteiger partial charge < -0.3 is 14.6 Å². The predicted molar refractivity (Wildman–Crippen MR) is 78.0 cm³/mol. The number of amides is 1. The Morgan fingerprint density at radius 2 is 2.05 bits per heavy atom. The number of ether oxygens (including phenoxy) is 1. The molecule has 1 atom stereocenters. The van der Waals surface area contributed by atoms with E-state index in [1.165, 1.54) is 31.3 Å². The molecule has 21 heavy (non-hydrogen) atoms. The zero-order valence-corrected chi connectivity index (χ0v) is 13.4. The van der Waals surface area contributed by atoms with Crippen LogP contribution in [-0.2, 0) is 14.6 Å². The van der Waals surface area contributed by atoms with Gasteiger partial charge in [0.1, 0.15) is 5.69 Å². The molecule has 8 heteroatoms. The van der Waals surface area contributed by atoms with Crippen LogP contribution in [0.4, 0.5) is 0 Å². The molecule has 0 bridgehead atoms. The van der Waals surface area contributed by atoms with E-state index in [0.29, 0.717) is 0 Å². The molecule has 0 saturated carbocycles. The van der Waals surface area contributed by atoms with Crippen LogP contribution in [0.1, 0.15) is 34.7 Å². The molecule has 0 fully saturated rings. The summed E-state index contributed by atoms with van der Waals surface area (Å²) >= 11 is 0. The first kappa shape index (κ1) is 17.2. The summed E-state index contributed by atoms with van der Waals surface area (Å²) in [6, 6.07) is 0.921.